The van der Waals surface area contributed by atoms with Gasteiger partial charge in [-0.3, -0.25) is 0 Å². The fourth-order valence-electron chi connectivity index (χ4n) is 5.61. The minimum absolute atomic E-state index is 0.0402. The molecular formula is C32H21FN3O+. The number of furan rings is 1. The van der Waals surface area contributed by atoms with Crippen LogP contribution in [0.5, 0.6) is 0 Å². The van der Waals surface area contributed by atoms with Crippen LogP contribution < -0.4 is 4.57 Å². The Morgan fingerprint density at radius 3 is 2.16 bits per heavy atom. The van der Waals surface area contributed by atoms with E-state index < -0.39 is 5.82 Å². The van der Waals surface area contributed by atoms with E-state index in [1.54, 1.807) is 0 Å². The number of nitrogens with zero attached hydrogens (tertiary/aromatic N) is 3. The van der Waals surface area contributed by atoms with Gasteiger partial charge in [-0.05, 0) is 36.8 Å². The maximum Gasteiger partial charge on any atom is 0.216 e. The predicted molar refractivity (Wildman–Crippen MR) is 144 cm³/mol. The van der Waals surface area contributed by atoms with Gasteiger partial charge >= 0.3 is 0 Å². The molecule has 0 saturated heterocycles. The zero-order chi connectivity index (χ0) is 25.3. The lowest BCUT2D eigenvalue weighted by atomic mass is 10.00. The molecule has 0 saturated carbocycles. The van der Waals surface area contributed by atoms with Gasteiger partial charge in [0.1, 0.15) is 35.8 Å². The number of nitriles is 1. The molecule has 4 aromatic carbocycles. The Morgan fingerprint density at radius 2 is 1.49 bits per heavy atom. The summed E-state index contributed by atoms with van der Waals surface area (Å²) in [6.45, 7) is 2.05. The molecule has 3 heterocycles. The van der Waals surface area contributed by atoms with Gasteiger partial charge in [-0.2, -0.15) is 5.26 Å². The fraction of sp³-hybridized carbons (Fsp3) is 0.0625. The first-order valence-electron chi connectivity index (χ1n) is 12.1. The molecule has 0 bridgehead atoms. The number of benzene rings is 4. The van der Waals surface area contributed by atoms with Crippen LogP contribution in [-0.2, 0) is 7.05 Å². The Balaban J connectivity index is 1.71. The standard InChI is InChI=1S/C32H21FN3O/c1-19-14-15-22-23-17-25(33)24(18-34)30(32(23)37-31(22)29(19)28-13-7-8-16-35(28)2)36-26-11-5-3-9-20(26)21-10-4-6-12-27(21)36/h3-17H,1-2H3/q+1. The average molecular weight is 483 g/mol. The molecule has 0 atom stereocenters. The summed E-state index contributed by atoms with van der Waals surface area (Å²) in [6.07, 6.45) is 1.99. The van der Waals surface area contributed by atoms with Crippen LogP contribution in [0.25, 0.3) is 60.7 Å². The Morgan fingerprint density at radius 1 is 0.811 bits per heavy atom. The number of hydrogen-bond donors (Lipinski definition) is 0. The molecule has 0 N–H and O–H groups in total. The summed E-state index contributed by atoms with van der Waals surface area (Å²) in [4.78, 5) is 0. The topological polar surface area (TPSA) is 45.7 Å². The van der Waals surface area contributed by atoms with Gasteiger partial charge in [-0.15, -0.1) is 0 Å². The zero-order valence-corrected chi connectivity index (χ0v) is 20.3. The summed E-state index contributed by atoms with van der Waals surface area (Å²) in [6, 6.07) is 29.6. The van der Waals surface area contributed by atoms with Crippen LogP contribution in [0.3, 0.4) is 0 Å². The lowest BCUT2D eigenvalue weighted by molar-refractivity contribution is -0.660. The summed E-state index contributed by atoms with van der Waals surface area (Å²) in [5.41, 5.74) is 6.31. The molecule has 0 spiro atoms. The van der Waals surface area contributed by atoms with Crippen LogP contribution in [0, 0.1) is 24.1 Å². The van der Waals surface area contributed by atoms with Crippen LogP contribution in [0.15, 0.2) is 95.5 Å². The van der Waals surface area contributed by atoms with Crippen molar-refractivity contribution in [1.82, 2.24) is 4.57 Å². The fourth-order valence-corrected chi connectivity index (χ4v) is 5.61. The van der Waals surface area contributed by atoms with E-state index in [2.05, 4.69) is 6.07 Å². The van der Waals surface area contributed by atoms with Crippen LogP contribution in [0.4, 0.5) is 4.39 Å². The van der Waals surface area contributed by atoms with E-state index in [0.29, 0.717) is 22.2 Å². The summed E-state index contributed by atoms with van der Waals surface area (Å²) in [5, 5.41) is 13.7. The molecule has 4 nitrogen and oxygen atoms in total. The third kappa shape index (κ3) is 2.90. The maximum absolute atomic E-state index is 15.7. The first-order chi connectivity index (χ1) is 18.1. The predicted octanol–water partition coefficient (Wildman–Crippen LogP) is 7.49. The smallest absolute Gasteiger partial charge is 0.216 e. The largest absolute Gasteiger partial charge is 0.453 e. The number of aryl methyl sites for hydroxylation is 2. The number of hydrogen-bond acceptors (Lipinski definition) is 2. The van der Waals surface area contributed by atoms with E-state index in [4.69, 9.17) is 4.42 Å². The molecule has 0 aliphatic heterocycles. The van der Waals surface area contributed by atoms with Gasteiger partial charge in [0.25, 0.3) is 0 Å². The van der Waals surface area contributed by atoms with E-state index >= 15 is 4.39 Å². The molecule has 0 amide bonds. The number of para-hydroxylation sites is 2. The van der Waals surface area contributed by atoms with E-state index in [1.807, 2.05) is 108 Å². The number of pyridine rings is 1. The third-order valence-electron chi connectivity index (χ3n) is 7.29. The van der Waals surface area contributed by atoms with Gasteiger partial charge in [-0.1, -0.05) is 48.5 Å². The highest BCUT2D eigenvalue weighted by atomic mass is 19.1. The summed E-state index contributed by atoms with van der Waals surface area (Å²) in [7, 11) is 1.99. The molecule has 7 aromatic rings. The molecule has 37 heavy (non-hydrogen) atoms. The van der Waals surface area contributed by atoms with Crippen molar-refractivity contribution >= 4 is 43.7 Å². The van der Waals surface area contributed by atoms with Crippen molar-refractivity contribution in [2.24, 2.45) is 7.05 Å². The molecule has 0 fully saturated rings. The molecule has 176 valence electrons. The van der Waals surface area contributed by atoms with Gasteiger partial charge in [0.15, 0.2) is 11.8 Å². The number of rotatable bonds is 2. The number of halogens is 1. The molecular weight excluding hydrogens is 461 g/mol. The molecule has 0 radical (unpaired) electrons. The Hall–Kier alpha value is -4.95. The highest BCUT2D eigenvalue weighted by Gasteiger charge is 2.26. The zero-order valence-electron chi connectivity index (χ0n) is 20.3. The number of fused-ring (bicyclic) bond motifs is 6. The van der Waals surface area contributed by atoms with Crippen LogP contribution in [-0.4, -0.2) is 4.57 Å². The van der Waals surface area contributed by atoms with Gasteiger partial charge < -0.3 is 8.98 Å². The molecule has 7 rings (SSSR count). The van der Waals surface area contributed by atoms with E-state index in [1.165, 1.54) is 6.07 Å². The van der Waals surface area contributed by atoms with Crippen molar-refractivity contribution in [3.05, 3.63) is 108 Å². The van der Waals surface area contributed by atoms with Crippen molar-refractivity contribution in [3.8, 4) is 23.0 Å². The van der Waals surface area contributed by atoms with E-state index in [-0.39, 0.29) is 5.56 Å². The minimum atomic E-state index is -0.568. The highest BCUT2D eigenvalue weighted by molar-refractivity contribution is 6.15. The lowest BCUT2D eigenvalue weighted by Gasteiger charge is -2.11. The average Bonchev–Trinajstić information content (AvgIpc) is 3.44. The molecule has 3 aromatic heterocycles. The Bertz CT molecular complexity index is 2040. The molecule has 0 aliphatic rings. The van der Waals surface area contributed by atoms with Crippen LogP contribution in [0.2, 0.25) is 0 Å². The highest BCUT2D eigenvalue weighted by Crippen LogP contribution is 2.43. The summed E-state index contributed by atoms with van der Waals surface area (Å²) >= 11 is 0. The maximum atomic E-state index is 15.7. The second kappa shape index (κ2) is 7.78. The second-order valence-electron chi connectivity index (χ2n) is 9.37. The second-order valence-corrected chi connectivity index (χ2v) is 9.37. The van der Waals surface area contributed by atoms with Gasteiger partial charge in [0.2, 0.25) is 5.69 Å². The summed E-state index contributed by atoms with van der Waals surface area (Å²) in [5.74, 6) is -0.568. The Labute approximate surface area is 212 Å². The van der Waals surface area contributed by atoms with Crippen molar-refractivity contribution < 1.29 is 13.4 Å². The van der Waals surface area contributed by atoms with Gasteiger partial charge in [0, 0.05) is 33.7 Å². The van der Waals surface area contributed by atoms with E-state index in [9.17, 15) is 5.26 Å². The lowest BCUT2D eigenvalue weighted by Crippen LogP contribution is -2.30. The van der Waals surface area contributed by atoms with E-state index in [0.717, 1.165) is 44.0 Å². The van der Waals surface area contributed by atoms with Crippen LogP contribution in [0.1, 0.15) is 11.1 Å². The van der Waals surface area contributed by atoms with Crippen molar-refractivity contribution in [3.63, 3.8) is 0 Å². The van der Waals surface area contributed by atoms with Gasteiger partial charge in [0.05, 0.1) is 16.6 Å². The van der Waals surface area contributed by atoms with Crippen molar-refractivity contribution in [2.45, 2.75) is 6.92 Å². The number of aromatic nitrogens is 2. The van der Waals surface area contributed by atoms with Crippen molar-refractivity contribution in [2.75, 3.05) is 0 Å². The molecule has 0 aliphatic carbocycles. The minimum Gasteiger partial charge on any atom is -0.453 e. The first-order valence-corrected chi connectivity index (χ1v) is 12.1. The quantitative estimate of drug-likeness (QED) is 0.240. The molecule has 5 heteroatoms. The summed E-state index contributed by atoms with van der Waals surface area (Å²) < 4.78 is 26.3. The monoisotopic (exact) mass is 482 g/mol. The third-order valence-corrected chi connectivity index (χ3v) is 7.29. The Kier molecular flexibility index (Phi) is 4.49. The SMILES string of the molecule is Cc1ccc2c(oc3c(-n4c5ccccc5c5ccccc54)c(C#N)c(F)cc32)c1-c1cccc[n+]1C. The van der Waals surface area contributed by atoms with Crippen LogP contribution >= 0.6 is 0 Å². The molecule has 0 unspecified atom stereocenters. The normalized spacial score (nSPS) is 11.6. The first kappa shape index (κ1) is 21.3. The van der Waals surface area contributed by atoms with Crippen molar-refractivity contribution in [1.29, 1.82) is 5.26 Å². The van der Waals surface area contributed by atoms with Gasteiger partial charge in [-0.25, -0.2) is 8.96 Å².